The second-order valence-electron chi connectivity index (χ2n) is 7.06. The first-order chi connectivity index (χ1) is 9.66. The van der Waals surface area contributed by atoms with Crippen LogP contribution in [0, 0.1) is 5.92 Å². The van der Waals surface area contributed by atoms with Crippen LogP contribution in [0.3, 0.4) is 0 Å². The summed E-state index contributed by atoms with van der Waals surface area (Å²) in [6.07, 6.45) is 8.83. The van der Waals surface area contributed by atoms with E-state index in [0.29, 0.717) is 0 Å². The first kappa shape index (κ1) is 13.9. The number of para-hydroxylation sites is 1. The van der Waals surface area contributed by atoms with Crippen molar-refractivity contribution in [2.75, 3.05) is 18.0 Å². The van der Waals surface area contributed by atoms with Gasteiger partial charge in [-0.1, -0.05) is 44.4 Å². The van der Waals surface area contributed by atoms with Gasteiger partial charge >= 0.3 is 0 Å². The fourth-order valence-electron chi connectivity index (χ4n) is 3.98. The third-order valence-corrected chi connectivity index (χ3v) is 5.16. The van der Waals surface area contributed by atoms with E-state index in [2.05, 4.69) is 36.1 Å². The molecule has 1 saturated carbocycles. The standard InChI is InChI=1S/C18H28N2/c1-15-13-16-7-3-4-8-17(16)20(14-15)12-11-18(19)9-5-2-6-10-18/h3-4,7-8,15H,2,5-6,9-14,19H2,1H3. The van der Waals surface area contributed by atoms with Gasteiger partial charge in [0.2, 0.25) is 0 Å². The number of hydrogen-bond donors (Lipinski definition) is 1. The van der Waals surface area contributed by atoms with Crippen LogP contribution in [0.25, 0.3) is 0 Å². The number of rotatable bonds is 3. The van der Waals surface area contributed by atoms with Crippen LogP contribution in [0.4, 0.5) is 5.69 Å². The van der Waals surface area contributed by atoms with Crippen molar-refractivity contribution >= 4 is 5.69 Å². The maximum atomic E-state index is 6.60. The summed E-state index contributed by atoms with van der Waals surface area (Å²) in [5.41, 5.74) is 9.67. The molecule has 1 aromatic carbocycles. The Bertz CT molecular complexity index is 448. The molecule has 3 rings (SSSR count). The zero-order valence-corrected chi connectivity index (χ0v) is 12.8. The molecule has 1 aliphatic heterocycles. The molecule has 1 unspecified atom stereocenters. The lowest BCUT2D eigenvalue weighted by Crippen LogP contribution is -2.46. The van der Waals surface area contributed by atoms with Crippen LogP contribution in [0.1, 0.15) is 51.0 Å². The van der Waals surface area contributed by atoms with E-state index in [-0.39, 0.29) is 5.54 Å². The Hall–Kier alpha value is -1.02. The molecule has 2 N–H and O–H groups in total. The molecule has 0 radical (unpaired) electrons. The van der Waals surface area contributed by atoms with E-state index in [0.717, 1.165) is 18.9 Å². The van der Waals surface area contributed by atoms with Crippen LogP contribution in [-0.2, 0) is 6.42 Å². The smallest absolute Gasteiger partial charge is 0.0398 e. The molecule has 1 fully saturated rings. The Kier molecular flexibility index (Phi) is 4.02. The average Bonchev–Trinajstić information content (AvgIpc) is 2.45. The molecule has 0 aromatic heterocycles. The van der Waals surface area contributed by atoms with Gasteiger partial charge in [-0.2, -0.15) is 0 Å². The number of nitrogens with two attached hydrogens (primary N) is 1. The first-order valence-electron chi connectivity index (χ1n) is 8.28. The molecule has 110 valence electrons. The molecule has 1 aromatic rings. The van der Waals surface area contributed by atoms with E-state index in [4.69, 9.17) is 5.73 Å². The number of nitrogens with zero attached hydrogens (tertiary/aromatic N) is 1. The van der Waals surface area contributed by atoms with E-state index in [1.54, 1.807) is 0 Å². The van der Waals surface area contributed by atoms with Crippen LogP contribution in [0.5, 0.6) is 0 Å². The highest BCUT2D eigenvalue weighted by atomic mass is 15.1. The van der Waals surface area contributed by atoms with Gasteiger partial charge < -0.3 is 10.6 Å². The maximum Gasteiger partial charge on any atom is 0.0398 e. The quantitative estimate of drug-likeness (QED) is 0.908. The third kappa shape index (κ3) is 3.01. The number of anilines is 1. The van der Waals surface area contributed by atoms with Crippen molar-refractivity contribution in [1.29, 1.82) is 0 Å². The summed E-state index contributed by atoms with van der Waals surface area (Å²) in [4.78, 5) is 2.58. The molecule has 2 aliphatic rings. The summed E-state index contributed by atoms with van der Waals surface area (Å²) < 4.78 is 0. The van der Waals surface area contributed by atoms with Crippen molar-refractivity contribution in [3.63, 3.8) is 0 Å². The molecule has 2 heteroatoms. The van der Waals surface area contributed by atoms with E-state index >= 15 is 0 Å². The predicted molar refractivity (Wildman–Crippen MR) is 86.1 cm³/mol. The fourth-order valence-corrected chi connectivity index (χ4v) is 3.98. The lowest BCUT2D eigenvalue weighted by atomic mass is 9.80. The van der Waals surface area contributed by atoms with Gasteiger partial charge in [-0.25, -0.2) is 0 Å². The highest BCUT2D eigenvalue weighted by Crippen LogP contribution is 2.32. The lowest BCUT2D eigenvalue weighted by Gasteiger charge is -2.39. The summed E-state index contributed by atoms with van der Waals surface area (Å²) in [5.74, 6) is 0.755. The van der Waals surface area contributed by atoms with Gasteiger partial charge in [-0.15, -0.1) is 0 Å². The Morgan fingerprint density at radius 2 is 1.95 bits per heavy atom. The van der Waals surface area contributed by atoms with Gasteiger partial charge in [0.25, 0.3) is 0 Å². The van der Waals surface area contributed by atoms with Crippen molar-refractivity contribution in [3.05, 3.63) is 29.8 Å². The number of fused-ring (bicyclic) bond motifs is 1. The lowest BCUT2D eigenvalue weighted by molar-refractivity contribution is 0.278. The third-order valence-electron chi connectivity index (χ3n) is 5.16. The summed E-state index contributed by atoms with van der Waals surface area (Å²) in [6.45, 7) is 4.67. The van der Waals surface area contributed by atoms with Gasteiger partial charge in [-0.05, 0) is 43.2 Å². The minimum Gasteiger partial charge on any atom is -0.371 e. The fraction of sp³-hybridized carbons (Fsp3) is 0.667. The zero-order valence-electron chi connectivity index (χ0n) is 12.8. The maximum absolute atomic E-state index is 6.60. The van der Waals surface area contributed by atoms with Gasteiger partial charge in [0.05, 0.1) is 0 Å². The van der Waals surface area contributed by atoms with E-state index in [9.17, 15) is 0 Å². The highest BCUT2D eigenvalue weighted by Gasteiger charge is 2.29. The zero-order chi connectivity index (χ0) is 14.0. The number of hydrogen-bond acceptors (Lipinski definition) is 2. The molecular formula is C18H28N2. The van der Waals surface area contributed by atoms with Crippen LogP contribution < -0.4 is 10.6 Å². The second-order valence-corrected chi connectivity index (χ2v) is 7.06. The molecule has 0 saturated heterocycles. The predicted octanol–water partition coefficient (Wildman–Crippen LogP) is 3.74. The molecular weight excluding hydrogens is 244 g/mol. The minimum absolute atomic E-state index is 0.105. The van der Waals surface area contributed by atoms with Crippen LogP contribution >= 0.6 is 0 Å². The first-order valence-corrected chi connectivity index (χ1v) is 8.28. The topological polar surface area (TPSA) is 29.3 Å². The number of benzene rings is 1. The molecule has 0 amide bonds. The summed E-state index contributed by atoms with van der Waals surface area (Å²) >= 11 is 0. The molecule has 0 spiro atoms. The van der Waals surface area contributed by atoms with Crippen molar-refractivity contribution in [2.24, 2.45) is 11.7 Å². The van der Waals surface area contributed by atoms with Gasteiger partial charge in [0.1, 0.15) is 0 Å². The molecule has 1 aliphatic carbocycles. The van der Waals surface area contributed by atoms with E-state index < -0.39 is 0 Å². The van der Waals surface area contributed by atoms with Crippen molar-refractivity contribution in [3.8, 4) is 0 Å². The van der Waals surface area contributed by atoms with Crippen LogP contribution in [-0.4, -0.2) is 18.6 Å². The average molecular weight is 272 g/mol. The van der Waals surface area contributed by atoms with Crippen molar-refractivity contribution in [1.82, 2.24) is 0 Å². The SMILES string of the molecule is CC1Cc2ccccc2N(CCC2(N)CCCCC2)C1. The van der Waals surface area contributed by atoms with Gasteiger partial charge in [0, 0.05) is 24.3 Å². The van der Waals surface area contributed by atoms with Gasteiger partial charge in [-0.3, -0.25) is 0 Å². The summed E-state index contributed by atoms with van der Waals surface area (Å²) in [6, 6.07) is 8.91. The second kappa shape index (κ2) is 5.77. The minimum atomic E-state index is 0.105. The van der Waals surface area contributed by atoms with E-state index in [1.165, 1.54) is 56.3 Å². The Morgan fingerprint density at radius 1 is 1.20 bits per heavy atom. The van der Waals surface area contributed by atoms with Gasteiger partial charge in [0.15, 0.2) is 0 Å². The monoisotopic (exact) mass is 272 g/mol. The molecule has 0 bridgehead atoms. The van der Waals surface area contributed by atoms with Crippen molar-refractivity contribution < 1.29 is 0 Å². The van der Waals surface area contributed by atoms with Crippen LogP contribution in [0.15, 0.2) is 24.3 Å². The largest absolute Gasteiger partial charge is 0.371 e. The van der Waals surface area contributed by atoms with Crippen LogP contribution in [0.2, 0.25) is 0 Å². The summed E-state index contributed by atoms with van der Waals surface area (Å²) in [7, 11) is 0. The van der Waals surface area contributed by atoms with Crippen molar-refractivity contribution in [2.45, 2.75) is 57.4 Å². The molecule has 1 atom stereocenters. The van der Waals surface area contributed by atoms with E-state index in [1.807, 2.05) is 0 Å². The molecule has 20 heavy (non-hydrogen) atoms. The Morgan fingerprint density at radius 3 is 2.75 bits per heavy atom. The Labute approximate surface area is 123 Å². The Balaban J connectivity index is 1.68. The highest BCUT2D eigenvalue weighted by molar-refractivity contribution is 5.55. The summed E-state index contributed by atoms with van der Waals surface area (Å²) in [5, 5.41) is 0. The normalized spacial score (nSPS) is 25.3. The molecule has 2 nitrogen and oxygen atoms in total. The molecule has 1 heterocycles.